The van der Waals surface area contributed by atoms with Gasteiger partial charge in [0.05, 0.1) is 0 Å². The first-order chi connectivity index (χ1) is 28.0. The Hall–Kier alpha value is -5.42. The van der Waals surface area contributed by atoms with Crippen LogP contribution in [0, 0.1) is 0 Å². The van der Waals surface area contributed by atoms with Gasteiger partial charge >= 0.3 is 0 Å². The molecule has 0 radical (unpaired) electrons. The standard InChI is InChI=1S/C45H27B3O6S3/c1-55-22-12-37-43-39(14-22)51-33-20-35-29(18-27(33)46(43)25-8-4-6-10-31(25)49-37)48-30-19-28-34(21-36(30)54-42-17-24(57-3)16-41(53-35)45(42)48)52-40-15-23(56-2)13-38-44(40)47(28)26-9-5-7-11-32(26)50-38/h4-21H,1-3H3. The van der Waals surface area contributed by atoms with Gasteiger partial charge < -0.3 is 28.4 Å². The van der Waals surface area contributed by atoms with Crippen molar-refractivity contribution in [1.29, 1.82) is 0 Å². The molecule has 270 valence electrons. The van der Waals surface area contributed by atoms with Crippen LogP contribution in [0.2, 0.25) is 0 Å². The van der Waals surface area contributed by atoms with Gasteiger partial charge in [-0.25, -0.2) is 0 Å². The molecule has 0 aromatic heterocycles. The second-order valence-corrected chi connectivity index (χ2v) is 17.6. The molecule has 0 spiro atoms. The molecule has 0 bridgehead atoms. The van der Waals surface area contributed by atoms with Crippen molar-refractivity contribution < 1.29 is 28.4 Å². The fraction of sp³-hybridized carbons (Fsp3) is 0.0667. The van der Waals surface area contributed by atoms with E-state index in [-0.39, 0.29) is 20.1 Å². The fourth-order valence-electron chi connectivity index (χ4n) is 9.66. The Balaban J connectivity index is 1.05. The van der Waals surface area contributed by atoms with E-state index in [1.807, 2.05) is 12.1 Å². The Morgan fingerprint density at radius 2 is 0.579 bits per heavy atom. The maximum Gasteiger partial charge on any atom is 0.260 e. The zero-order valence-electron chi connectivity index (χ0n) is 30.8. The third kappa shape index (κ3) is 4.52. The van der Waals surface area contributed by atoms with E-state index in [0.717, 1.165) is 133 Å². The van der Waals surface area contributed by atoms with E-state index in [2.05, 4.69) is 116 Å². The number of hydrogen-bond donors (Lipinski definition) is 0. The maximum atomic E-state index is 6.91. The highest BCUT2D eigenvalue weighted by atomic mass is 32.2. The predicted octanol–water partition coefficient (Wildman–Crippen LogP) is 6.04. The van der Waals surface area contributed by atoms with Crippen molar-refractivity contribution >= 4 is 105 Å². The third-order valence-corrected chi connectivity index (χ3v) is 14.2. The molecule has 0 saturated heterocycles. The zero-order valence-corrected chi connectivity index (χ0v) is 33.2. The smallest absolute Gasteiger partial charge is 0.260 e. The Morgan fingerprint density at radius 3 is 0.895 bits per heavy atom. The monoisotopic (exact) mass is 792 g/mol. The predicted molar refractivity (Wildman–Crippen MR) is 235 cm³/mol. The van der Waals surface area contributed by atoms with Gasteiger partial charge in [0.1, 0.15) is 69.0 Å². The van der Waals surface area contributed by atoms with Crippen molar-refractivity contribution in [2.45, 2.75) is 14.7 Å². The molecule has 13 rings (SSSR count). The first-order valence-electron chi connectivity index (χ1n) is 18.8. The summed E-state index contributed by atoms with van der Waals surface area (Å²) >= 11 is 5.02. The van der Waals surface area contributed by atoms with Crippen molar-refractivity contribution in [2.75, 3.05) is 18.8 Å². The normalized spacial score (nSPS) is 14.5. The summed E-state index contributed by atoms with van der Waals surface area (Å²) in [6, 6.07) is 38.4. The second-order valence-electron chi connectivity index (χ2n) is 15.0. The molecule has 0 amide bonds. The van der Waals surface area contributed by atoms with Gasteiger partial charge in [0.25, 0.3) is 20.1 Å². The van der Waals surface area contributed by atoms with Gasteiger partial charge in [-0.1, -0.05) is 48.5 Å². The van der Waals surface area contributed by atoms with Crippen molar-refractivity contribution in [3.05, 3.63) is 109 Å². The fourth-order valence-corrected chi connectivity index (χ4v) is 11.0. The van der Waals surface area contributed by atoms with Crippen LogP contribution in [0.5, 0.6) is 69.0 Å². The SMILES string of the molecule is CSc1cc2c3c(c1)Oc1cc4c(cc1B3c1ccccc1O2)B1c2cc3c(cc2Oc2cc(SC)cc(c21)O4)Oc1cc(SC)cc2c1B3c1ccccc1O2. The van der Waals surface area contributed by atoms with Crippen molar-refractivity contribution in [2.24, 2.45) is 0 Å². The lowest BCUT2D eigenvalue weighted by Crippen LogP contribution is -2.63. The van der Waals surface area contributed by atoms with Crippen LogP contribution < -0.4 is 77.6 Å². The molecule has 6 heterocycles. The molecule has 0 saturated carbocycles. The van der Waals surface area contributed by atoms with E-state index in [0.29, 0.717) is 0 Å². The Bertz CT molecular complexity index is 2800. The molecule has 7 aromatic rings. The molecule has 0 aliphatic carbocycles. The molecular weight excluding hydrogens is 765 g/mol. The number of thioether (sulfide) groups is 3. The molecule has 0 fully saturated rings. The molecular formula is C45H27B3O6S3. The minimum atomic E-state index is -0.182. The number of fused-ring (bicyclic) bond motifs is 12. The molecule has 6 aliphatic heterocycles. The van der Waals surface area contributed by atoms with Gasteiger partial charge in [0.15, 0.2) is 0 Å². The summed E-state index contributed by atoms with van der Waals surface area (Å²) in [5.41, 5.74) is 9.67. The van der Waals surface area contributed by atoms with Crippen molar-refractivity contribution in [1.82, 2.24) is 0 Å². The molecule has 57 heavy (non-hydrogen) atoms. The molecule has 0 N–H and O–H groups in total. The molecule has 12 heteroatoms. The minimum Gasteiger partial charge on any atom is -0.458 e. The van der Waals surface area contributed by atoms with E-state index in [1.165, 1.54) is 0 Å². The van der Waals surface area contributed by atoms with Crippen LogP contribution in [0.4, 0.5) is 0 Å². The van der Waals surface area contributed by atoms with Gasteiger partial charge in [-0.05, 0) is 100 Å². The average molecular weight is 792 g/mol. The van der Waals surface area contributed by atoms with E-state index in [9.17, 15) is 0 Å². The van der Waals surface area contributed by atoms with Crippen LogP contribution in [0.3, 0.4) is 0 Å². The second kappa shape index (κ2) is 11.8. The van der Waals surface area contributed by atoms with Crippen LogP contribution in [0.1, 0.15) is 0 Å². The third-order valence-electron chi connectivity index (χ3n) is 12.1. The number of rotatable bonds is 3. The molecule has 0 atom stereocenters. The van der Waals surface area contributed by atoms with Crippen LogP contribution >= 0.6 is 35.3 Å². The Labute approximate surface area is 342 Å². The van der Waals surface area contributed by atoms with E-state index >= 15 is 0 Å². The number of hydrogen-bond acceptors (Lipinski definition) is 9. The summed E-state index contributed by atoms with van der Waals surface area (Å²) in [5.74, 6) is 9.74. The Morgan fingerprint density at radius 1 is 0.298 bits per heavy atom. The number of ether oxygens (including phenoxy) is 6. The highest BCUT2D eigenvalue weighted by Gasteiger charge is 2.47. The highest BCUT2D eigenvalue weighted by Crippen LogP contribution is 2.44. The van der Waals surface area contributed by atoms with Crippen LogP contribution in [-0.4, -0.2) is 38.9 Å². The molecule has 6 aliphatic rings. The van der Waals surface area contributed by atoms with Gasteiger partial charge in [-0.15, -0.1) is 35.3 Å². The quantitative estimate of drug-likeness (QED) is 0.158. The Kier molecular flexibility index (Phi) is 6.77. The zero-order chi connectivity index (χ0) is 37.7. The van der Waals surface area contributed by atoms with Crippen molar-refractivity contribution in [3.8, 4) is 69.0 Å². The summed E-state index contributed by atoms with van der Waals surface area (Å²) in [5, 5.41) is 0. The van der Waals surface area contributed by atoms with Crippen LogP contribution in [0.25, 0.3) is 0 Å². The minimum absolute atomic E-state index is 0.0827. The van der Waals surface area contributed by atoms with Crippen LogP contribution in [0.15, 0.2) is 124 Å². The lowest BCUT2D eigenvalue weighted by molar-refractivity contribution is 0.446. The first kappa shape index (κ1) is 32.6. The molecule has 6 nitrogen and oxygen atoms in total. The summed E-state index contributed by atoms with van der Waals surface area (Å²) in [6.07, 6.45) is 6.23. The maximum absolute atomic E-state index is 6.91. The van der Waals surface area contributed by atoms with Gasteiger partial charge in [-0.3, -0.25) is 0 Å². The largest absolute Gasteiger partial charge is 0.458 e. The van der Waals surface area contributed by atoms with E-state index < -0.39 is 0 Å². The summed E-state index contributed by atoms with van der Waals surface area (Å²) in [7, 11) is 0. The van der Waals surface area contributed by atoms with E-state index in [4.69, 9.17) is 28.4 Å². The summed E-state index contributed by atoms with van der Waals surface area (Å²) in [6.45, 7) is -0.347. The summed E-state index contributed by atoms with van der Waals surface area (Å²) in [4.78, 5) is 3.24. The topological polar surface area (TPSA) is 55.4 Å². The number of para-hydroxylation sites is 2. The molecule has 0 unspecified atom stereocenters. The lowest BCUT2D eigenvalue weighted by Gasteiger charge is -2.38. The van der Waals surface area contributed by atoms with Crippen molar-refractivity contribution in [3.63, 3.8) is 0 Å². The van der Waals surface area contributed by atoms with Gasteiger partial charge in [-0.2, -0.15) is 0 Å². The highest BCUT2D eigenvalue weighted by molar-refractivity contribution is 7.99. The lowest BCUT2D eigenvalue weighted by atomic mass is 9.30. The van der Waals surface area contributed by atoms with Gasteiger partial charge in [0.2, 0.25) is 0 Å². The average Bonchev–Trinajstić information content (AvgIpc) is 3.24. The van der Waals surface area contributed by atoms with Crippen LogP contribution in [-0.2, 0) is 0 Å². The van der Waals surface area contributed by atoms with Gasteiger partial charge in [0, 0.05) is 43.2 Å². The first-order valence-corrected chi connectivity index (χ1v) is 22.5. The number of benzene rings is 7. The summed E-state index contributed by atoms with van der Waals surface area (Å²) < 4.78 is 40.6. The molecule has 7 aromatic carbocycles. The van der Waals surface area contributed by atoms with E-state index in [1.54, 1.807) is 35.3 Å².